The largest absolute Gasteiger partial charge is 0.376 e. The predicted molar refractivity (Wildman–Crippen MR) is 90.1 cm³/mol. The quantitative estimate of drug-likeness (QED) is 0.893. The molecule has 2 unspecified atom stereocenters. The van der Waals surface area contributed by atoms with Crippen LogP contribution in [0.1, 0.15) is 42.4 Å². The van der Waals surface area contributed by atoms with Crippen LogP contribution >= 0.6 is 0 Å². The van der Waals surface area contributed by atoms with Crippen molar-refractivity contribution in [3.8, 4) is 0 Å². The Morgan fingerprint density at radius 1 is 1.32 bits per heavy atom. The van der Waals surface area contributed by atoms with Crippen LogP contribution in [0, 0.1) is 11.8 Å². The van der Waals surface area contributed by atoms with Crippen LogP contribution in [-0.4, -0.2) is 37.9 Å². The number of nitrogens with zero attached hydrogens (tertiary/aromatic N) is 5. The number of anilines is 1. The maximum Gasteiger partial charge on any atom is 0.343 e. The van der Waals surface area contributed by atoms with Gasteiger partial charge in [0, 0.05) is 31.8 Å². The van der Waals surface area contributed by atoms with Crippen LogP contribution in [0.25, 0.3) is 0 Å². The highest BCUT2D eigenvalue weighted by atomic mass is 16.5. The van der Waals surface area contributed by atoms with Crippen molar-refractivity contribution in [1.82, 2.24) is 24.7 Å². The van der Waals surface area contributed by atoms with Gasteiger partial charge < -0.3 is 9.64 Å². The summed E-state index contributed by atoms with van der Waals surface area (Å²) >= 11 is 0. The fourth-order valence-electron chi connectivity index (χ4n) is 4.27. The Kier molecular flexibility index (Phi) is 3.41. The molecule has 8 heteroatoms. The molecule has 0 bridgehead atoms. The topological polar surface area (TPSA) is 88.9 Å². The second-order valence-corrected chi connectivity index (χ2v) is 7.32. The van der Waals surface area contributed by atoms with Crippen LogP contribution in [0.2, 0.25) is 0 Å². The summed E-state index contributed by atoms with van der Waals surface area (Å²) in [7, 11) is 1.78. The van der Waals surface area contributed by atoms with Crippen LogP contribution in [0.4, 0.5) is 5.95 Å². The molecule has 2 aliphatic heterocycles. The Balaban J connectivity index is 1.55. The highest BCUT2D eigenvalue weighted by molar-refractivity contribution is 5.39. The van der Waals surface area contributed by atoms with E-state index in [4.69, 9.17) is 9.72 Å². The van der Waals surface area contributed by atoms with E-state index in [1.165, 1.54) is 12.8 Å². The minimum Gasteiger partial charge on any atom is -0.376 e. The van der Waals surface area contributed by atoms with Gasteiger partial charge in [0.2, 0.25) is 5.95 Å². The predicted octanol–water partition coefficient (Wildman–Crippen LogP) is 0.949. The third kappa shape index (κ3) is 2.47. The zero-order chi connectivity index (χ0) is 17.0. The van der Waals surface area contributed by atoms with Gasteiger partial charge >= 0.3 is 5.69 Å². The minimum absolute atomic E-state index is 0.0642. The minimum atomic E-state index is -0.167. The first-order valence-corrected chi connectivity index (χ1v) is 9.03. The van der Waals surface area contributed by atoms with Crippen LogP contribution in [0.5, 0.6) is 0 Å². The molecule has 5 rings (SSSR count). The summed E-state index contributed by atoms with van der Waals surface area (Å²) in [6.07, 6.45) is 6.36. The average Bonchev–Trinajstić information content (AvgIpc) is 3.32. The molecule has 0 amide bonds. The molecule has 2 fully saturated rings. The van der Waals surface area contributed by atoms with Crippen molar-refractivity contribution in [2.75, 3.05) is 18.1 Å². The highest BCUT2D eigenvalue weighted by Gasteiger charge is 2.46. The van der Waals surface area contributed by atoms with E-state index in [1.54, 1.807) is 11.6 Å². The van der Waals surface area contributed by atoms with Crippen molar-refractivity contribution in [3.63, 3.8) is 0 Å². The van der Waals surface area contributed by atoms with Gasteiger partial charge in [0.1, 0.15) is 0 Å². The lowest BCUT2D eigenvalue weighted by Crippen LogP contribution is -2.31. The Morgan fingerprint density at radius 2 is 2.20 bits per heavy atom. The number of hydrogen-bond donors (Lipinski definition) is 1. The lowest BCUT2D eigenvalue weighted by atomic mass is 9.94. The van der Waals surface area contributed by atoms with E-state index in [-0.39, 0.29) is 11.7 Å². The van der Waals surface area contributed by atoms with Gasteiger partial charge in [-0.15, -0.1) is 0 Å². The van der Waals surface area contributed by atoms with E-state index in [2.05, 4.69) is 20.1 Å². The molecule has 1 saturated heterocycles. The number of hydrogen-bond acceptors (Lipinski definition) is 6. The SMILES string of the molecule is Cn1c(C2C(C3CC3)CCN2c2ncc3c(n2)CCOC3)n[nH]c1=O. The Bertz CT molecular complexity index is 855. The molecule has 25 heavy (non-hydrogen) atoms. The van der Waals surface area contributed by atoms with Gasteiger partial charge in [-0.3, -0.25) is 4.57 Å². The normalized spacial score (nSPS) is 26.0. The van der Waals surface area contributed by atoms with E-state index < -0.39 is 0 Å². The molecular weight excluding hydrogens is 320 g/mol. The lowest BCUT2D eigenvalue weighted by Gasteiger charge is -2.28. The summed E-state index contributed by atoms with van der Waals surface area (Å²) in [5.74, 6) is 2.79. The second-order valence-electron chi connectivity index (χ2n) is 7.32. The standard InChI is InChI=1S/C17H22N6O2/c1-22-15(20-21-17(22)24)14-12(10-2-3-10)4-6-23(14)16-18-8-11-9-25-7-5-13(11)19-16/h8,10,12,14H,2-7,9H2,1H3,(H,21,24). The number of aromatic amines is 1. The number of ether oxygens (including phenoxy) is 1. The number of aromatic nitrogens is 5. The summed E-state index contributed by atoms with van der Waals surface area (Å²) in [5, 5.41) is 6.92. The Labute approximate surface area is 145 Å². The molecule has 8 nitrogen and oxygen atoms in total. The van der Waals surface area contributed by atoms with E-state index in [0.717, 1.165) is 48.3 Å². The summed E-state index contributed by atoms with van der Waals surface area (Å²) in [6, 6.07) is 0.0642. The third-order valence-corrected chi connectivity index (χ3v) is 5.79. The van der Waals surface area contributed by atoms with Crippen molar-refractivity contribution in [1.29, 1.82) is 0 Å². The van der Waals surface area contributed by atoms with Gasteiger partial charge in [-0.05, 0) is 31.1 Å². The second kappa shape index (κ2) is 5.66. The van der Waals surface area contributed by atoms with Crippen molar-refractivity contribution >= 4 is 5.95 Å². The van der Waals surface area contributed by atoms with Gasteiger partial charge in [-0.2, -0.15) is 5.10 Å². The van der Waals surface area contributed by atoms with Gasteiger partial charge in [0.05, 0.1) is 24.9 Å². The monoisotopic (exact) mass is 342 g/mol. The van der Waals surface area contributed by atoms with Crippen molar-refractivity contribution in [2.45, 2.75) is 38.3 Å². The maximum absolute atomic E-state index is 11.9. The summed E-state index contributed by atoms with van der Waals surface area (Å²) < 4.78 is 7.11. The number of rotatable bonds is 3. The fourth-order valence-corrected chi connectivity index (χ4v) is 4.27. The molecule has 0 aromatic carbocycles. The Morgan fingerprint density at radius 3 is 2.96 bits per heavy atom. The first-order chi connectivity index (χ1) is 12.2. The first kappa shape index (κ1) is 15.1. The molecule has 3 aliphatic rings. The number of nitrogens with one attached hydrogen (secondary N) is 1. The van der Waals surface area contributed by atoms with Crippen molar-refractivity contribution in [3.05, 3.63) is 33.8 Å². The van der Waals surface area contributed by atoms with Gasteiger partial charge in [-0.25, -0.2) is 19.9 Å². The van der Waals surface area contributed by atoms with E-state index in [1.807, 2.05) is 6.20 Å². The van der Waals surface area contributed by atoms with E-state index in [9.17, 15) is 4.79 Å². The molecule has 1 N–H and O–H groups in total. The van der Waals surface area contributed by atoms with Gasteiger partial charge in [0.15, 0.2) is 5.82 Å². The first-order valence-electron chi connectivity index (χ1n) is 9.03. The highest BCUT2D eigenvalue weighted by Crippen LogP contribution is 2.50. The van der Waals surface area contributed by atoms with Crippen LogP contribution < -0.4 is 10.6 Å². The number of H-pyrrole nitrogens is 1. The zero-order valence-electron chi connectivity index (χ0n) is 14.3. The Hall–Kier alpha value is -2.22. The summed E-state index contributed by atoms with van der Waals surface area (Å²) in [4.78, 5) is 23.6. The molecule has 1 saturated carbocycles. The molecule has 2 aromatic heterocycles. The maximum atomic E-state index is 11.9. The zero-order valence-corrected chi connectivity index (χ0v) is 14.3. The molecular formula is C17H22N6O2. The summed E-state index contributed by atoms with van der Waals surface area (Å²) in [5.41, 5.74) is 2.00. The van der Waals surface area contributed by atoms with Crippen LogP contribution in [-0.2, 0) is 24.8 Å². The van der Waals surface area contributed by atoms with Crippen LogP contribution in [0.15, 0.2) is 11.0 Å². The summed E-state index contributed by atoms with van der Waals surface area (Å²) in [6.45, 7) is 2.21. The van der Waals surface area contributed by atoms with Gasteiger partial charge in [-0.1, -0.05) is 0 Å². The molecule has 2 atom stereocenters. The van der Waals surface area contributed by atoms with E-state index in [0.29, 0.717) is 19.1 Å². The van der Waals surface area contributed by atoms with E-state index >= 15 is 0 Å². The smallest absolute Gasteiger partial charge is 0.343 e. The van der Waals surface area contributed by atoms with Gasteiger partial charge in [0.25, 0.3) is 0 Å². The number of fused-ring (bicyclic) bond motifs is 1. The van der Waals surface area contributed by atoms with Crippen LogP contribution in [0.3, 0.4) is 0 Å². The molecule has 0 spiro atoms. The molecule has 0 radical (unpaired) electrons. The van der Waals surface area contributed by atoms with Crippen molar-refractivity contribution < 1.29 is 4.74 Å². The van der Waals surface area contributed by atoms with Crippen molar-refractivity contribution in [2.24, 2.45) is 18.9 Å². The fraction of sp³-hybridized carbons (Fsp3) is 0.647. The molecule has 4 heterocycles. The third-order valence-electron chi connectivity index (χ3n) is 5.79. The lowest BCUT2D eigenvalue weighted by molar-refractivity contribution is 0.109. The molecule has 1 aliphatic carbocycles. The average molecular weight is 342 g/mol. The molecule has 132 valence electrons. The molecule has 2 aromatic rings.